The van der Waals surface area contributed by atoms with Gasteiger partial charge in [0.25, 0.3) is 0 Å². The predicted molar refractivity (Wildman–Crippen MR) is 144 cm³/mol. The Labute approximate surface area is 211 Å². The van der Waals surface area contributed by atoms with Crippen molar-refractivity contribution in [2.75, 3.05) is 23.1 Å². The minimum atomic E-state index is -0.334. The second-order valence-corrected chi connectivity index (χ2v) is 9.76. The van der Waals surface area contributed by atoms with E-state index in [4.69, 9.17) is 4.74 Å². The third-order valence-electron chi connectivity index (χ3n) is 4.93. The fourth-order valence-corrected chi connectivity index (χ4v) is 4.73. The summed E-state index contributed by atoms with van der Waals surface area (Å²) in [6, 6.07) is 23.9. The zero-order valence-electron chi connectivity index (χ0n) is 19.1. The van der Waals surface area contributed by atoms with Crippen molar-refractivity contribution in [3.05, 3.63) is 84.2 Å². The maximum atomic E-state index is 12.7. The van der Waals surface area contributed by atoms with Crippen LogP contribution in [0, 0.1) is 0 Å². The maximum absolute atomic E-state index is 12.7. The van der Waals surface area contributed by atoms with E-state index >= 15 is 0 Å². The van der Waals surface area contributed by atoms with Gasteiger partial charge in [0.15, 0.2) is 5.13 Å². The van der Waals surface area contributed by atoms with Crippen LogP contribution in [0.3, 0.4) is 0 Å². The summed E-state index contributed by atoms with van der Waals surface area (Å²) in [7, 11) is 1.62. The lowest BCUT2D eigenvalue weighted by molar-refractivity contribution is -0.115. The number of ether oxygens (including phenoxy) is 1. The molecule has 1 atom stereocenters. The van der Waals surface area contributed by atoms with Crippen LogP contribution in [-0.4, -0.2) is 29.3 Å². The highest BCUT2D eigenvalue weighted by Crippen LogP contribution is 2.29. The molecule has 0 aliphatic carbocycles. The molecule has 3 aromatic carbocycles. The van der Waals surface area contributed by atoms with Gasteiger partial charge in [-0.2, -0.15) is 0 Å². The van der Waals surface area contributed by atoms with Crippen molar-refractivity contribution in [3.63, 3.8) is 0 Å². The Morgan fingerprint density at radius 2 is 1.63 bits per heavy atom. The molecule has 0 saturated heterocycles. The number of thiazole rings is 1. The van der Waals surface area contributed by atoms with Gasteiger partial charge in [0.2, 0.25) is 5.91 Å². The van der Waals surface area contributed by atoms with Gasteiger partial charge in [-0.15, -0.1) is 23.1 Å². The summed E-state index contributed by atoms with van der Waals surface area (Å²) in [5.41, 5.74) is 3.08. The molecule has 0 bridgehead atoms. The number of benzene rings is 3. The van der Waals surface area contributed by atoms with Crippen molar-refractivity contribution in [2.45, 2.75) is 17.1 Å². The molecular formula is C26H24N4O3S2. The van der Waals surface area contributed by atoms with Crippen LogP contribution >= 0.6 is 23.1 Å². The Morgan fingerprint density at radius 3 is 2.34 bits per heavy atom. The number of hydrogen-bond acceptors (Lipinski definition) is 6. The molecule has 3 amide bonds. The standard InChI is InChI=1S/C26H24N4O3S2/c1-17(24(31)30-26-29-23(16-34-26)18-7-6-10-21(15-18)33-2)35-22-13-11-20(12-14-22)28-25(32)27-19-8-4-3-5-9-19/h3-17H,1-2H3,(H2,27,28,32)(H,29,30,31). The van der Waals surface area contributed by atoms with E-state index < -0.39 is 0 Å². The van der Waals surface area contributed by atoms with Gasteiger partial charge in [-0.1, -0.05) is 30.3 Å². The van der Waals surface area contributed by atoms with Gasteiger partial charge in [0.05, 0.1) is 18.1 Å². The first-order chi connectivity index (χ1) is 17.0. The molecule has 1 aromatic heterocycles. The third-order valence-corrected chi connectivity index (χ3v) is 6.80. The summed E-state index contributed by atoms with van der Waals surface area (Å²) in [6.07, 6.45) is 0. The number of hydrogen-bond donors (Lipinski definition) is 3. The highest BCUT2D eigenvalue weighted by atomic mass is 32.2. The number of carbonyl (C=O) groups is 2. The van der Waals surface area contributed by atoms with Gasteiger partial charge in [-0.25, -0.2) is 9.78 Å². The summed E-state index contributed by atoms with van der Waals surface area (Å²) in [6.45, 7) is 1.84. The van der Waals surface area contributed by atoms with E-state index in [1.807, 2.05) is 79.0 Å². The number of rotatable bonds is 8. The molecule has 35 heavy (non-hydrogen) atoms. The van der Waals surface area contributed by atoms with Crippen LogP contribution < -0.4 is 20.7 Å². The number of methoxy groups -OCH3 is 1. The lowest BCUT2D eigenvalue weighted by Gasteiger charge is -2.11. The number of aromatic nitrogens is 1. The predicted octanol–water partition coefficient (Wildman–Crippen LogP) is 6.58. The quantitative estimate of drug-likeness (QED) is 0.236. The lowest BCUT2D eigenvalue weighted by atomic mass is 10.2. The molecule has 1 unspecified atom stereocenters. The summed E-state index contributed by atoms with van der Waals surface area (Å²) in [5, 5.41) is 10.6. The molecule has 0 aliphatic heterocycles. The molecule has 1 heterocycles. The normalized spacial score (nSPS) is 11.4. The van der Waals surface area contributed by atoms with Crippen molar-refractivity contribution in [1.82, 2.24) is 4.98 Å². The molecule has 178 valence electrons. The van der Waals surface area contributed by atoms with Gasteiger partial charge >= 0.3 is 6.03 Å². The van der Waals surface area contributed by atoms with Crippen LogP contribution in [0.2, 0.25) is 0 Å². The Kier molecular flexibility index (Phi) is 8.02. The highest BCUT2D eigenvalue weighted by Gasteiger charge is 2.17. The van der Waals surface area contributed by atoms with Crippen LogP contribution in [0.1, 0.15) is 6.92 Å². The van der Waals surface area contributed by atoms with Gasteiger partial charge in [-0.05, 0) is 55.5 Å². The van der Waals surface area contributed by atoms with Crippen LogP contribution in [0.4, 0.5) is 21.3 Å². The second-order valence-electron chi connectivity index (χ2n) is 7.49. The van der Waals surface area contributed by atoms with E-state index in [0.717, 1.165) is 21.9 Å². The van der Waals surface area contributed by atoms with E-state index in [1.54, 1.807) is 19.2 Å². The van der Waals surface area contributed by atoms with Gasteiger partial charge in [0.1, 0.15) is 5.75 Å². The smallest absolute Gasteiger partial charge is 0.323 e. The molecule has 3 N–H and O–H groups in total. The summed E-state index contributed by atoms with van der Waals surface area (Å²) in [5.74, 6) is 0.620. The number of amides is 3. The Hall–Kier alpha value is -3.82. The average molecular weight is 505 g/mol. The average Bonchev–Trinajstić information content (AvgIpc) is 3.34. The van der Waals surface area contributed by atoms with E-state index in [2.05, 4.69) is 20.9 Å². The summed E-state index contributed by atoms with van der Waals surface area (Å²) >= 11 is 2.81. The summed E-state index contributed by atoms with van der Waals surface area (Å²) < 4.78 is 5.27. The molecule has 7 nitrogen and oxygen atoms in total. The first-order valence-corrected chi connectivity index (χ1v) is 12.6. The maximum Gasteiger partial charge on any atom is 0.323 e. The van der Waals surface area contributed by atoms with Crippen molar-refractivity contribution in [3.8, 4) is 17.0 Å². The number of nitrogens with one attached hydrogen (secondary N) is 3. The number of urea groups is 1. The van der Waals surface area contributed by atoms with Crippen LogP contribution in [-0.2, 0) is 4.79 Å². The fourth-order valence-electron chi connectivity index (χ4n) is 3.14. The zero-order chi connectivity index (χ0) is 24.6. The number of anilines is 3. The SMILES string of the molecule is COc1cccc(-c2csc(NC(=O)C(C)Sc3ccc(NC(=O)Nc4ccccc4)cc3)n2)c1. The third kappa shape index (κ3) is 6.84. The Morgan fingerprint density at radius 1 is 0.914 bits per heavy atom. The van der Waals surface area contributed by atoms with Crippen molar-refractivity contribution < 1.29 is 14.3 Å². The van der Waals surface area contributed by atoms with Crippen molar-refractivity contribution in [2.24, 2.45) is 0 Å². The molecule has 0 spiro atoms. The van der Waals surface area contributed by atoms with Crippen LogP contribution in [0.15, 0.2) is 89.1 Å². The van der Waals surface area contributed by atoms with Crippen molar-refractivity contribution in [1.29, 1.82) is 0 Å². The van der Waals surface area contributed by atoms with Gasteiger partial charge in [-0.3, -0.25) is 4.79 Å². The molecule has 0 radical (unpaired) electrons. The number of para-hydroxylation sites is 1. The second kappa shape index (κ2) is 11.5. The zero-order valence-corrected chi connectivity index (χ0v) is 20.8. The minimum absolute atomic E-state index is 0.133. The lowest BCUT2D eigenvalue weighted by Crippen LogP contribution is -2.22. The Bertz CT molecular complexity index is 1290. The van der Waals surface area contributed by atoms with E-state index in [9.17, 15) is 9.59 Å². The topological polar surface area (TPSA) is 92.4 Å². The van der Waals surface area contributed by atoms with E-state index in [1.165, 1.54) is 23.1 Å². The molecule has 9 heteroatoms. The monoisotopic (exact) mass is 504 g/mol. The molecule has 0 fully saturated rings. The van der Waals surface area contributed by atoms with Crippen molar-refractivity contribution >= 4 is 51.5 Å². The molecule has 4 aromatic rings. The minimum Gasteiger partial charge on any atom is -0.497 e. The number of nitrogens with zero attached hydrogens (tertiary/aromatic N) is 1. The number of thioether (sulfide) groups is 1. The largest absolute Gasteiger partial charge is 0.497 e. The van der Waals surface area contributed by atoms with E-state index in [0.29, 0.717) is 16.5 Å². The molecule has 0 aliphatic rings. The van der Waals surface area contributed by atoms with Crippen LogP contribution in [0.25, 0.3) is 11.3 Å². The fraction of sp³-hybridized carbons (Fsp3) is 0.115. The first kappa shape index (κ1) is 24.3. The first-order valence-electron chi connectivity index (χ1n) is 10.8. The Balaban J connectivity index is 1.29. The van der Waals surface area contributed by atoms with Gasteiger partial charge in [0, 0.05) is 27.2 Å². The summed E-state index contributed by atoms with van der Waals surface area (Å²) in [4.78, 5) is 30.3. The van der Waals surface area contributed by atoms with E-state index in [-0.39, 0.29) is 17.2 Å². The van der Waals surface area contributed by atoms with Crippen LogP contribution in [0.5, 0.6) is 5.75 Å². The molecule has 4 rings (SSSR count). The number of carbonyl (C=O) groups excluding carboxylic acids is 2. The molecular weight excluding hydrogens is 480 g/mol. The van der Waals surface area contributed by atoms with Gasteiger partial charge < -0.3 is 20.7 Å². The molecule has 0 saturated carbocycles. The highest BCUT2D eigenvalue weighted by molar-refractivity contribution is 8.00.